The molecular weight excluding hydrogens is 374 g/mol. The number of carbonyl (C=O) groups is 2. The van der Waals surface area contributed by atoms with Gasteiger partial charge >= 0.3 is 0 Å². The number of amides is 2. The first-order chi connectivity index (χ1) is 14.0. The van der Waals surface area contributed by atoms with Crippen molar-refractivity contribution in [3.63, 3.8) is 0 Å². The Hall–Kier alpha value is -4.01. The highest BCUT2D eigenvalue weighted by atomic mass is 16.6. The van der Waals surface area contributed by atoms with Gasteiger partial charge in [0.1, 0.15) is 0 Å². The molecule has 9 heteroatoms. The summed E-state index contributed by atoms with van der Waals surface area (Å²) in [6.45, 7) is 0.827. The minimum absolute atomic E-state index is 0.125. The molecule has 0 bridgehead atoms. The van der Waals surface area contributed by atoms with Gasteiger partial charge in [0.15, 0.2) is 0 Å². The summed E-state index contributed by atoms with van der Waals surface area (Å²) < 4.78 is 1.96. The molecule has 0 radical (unpaired) electrons. The Morgan fingerprint density at radius 1 is 1.07 bits per heavy atom. The number of non-ortho nitro benzene ring substituents is 1. The van der Waals surface area contributed by atoms with Crippen molar-refractivity contribution in [3.05, 3.63) is 94.1 Å². The van der Waals surface area contributed by atoms with E-state index in [1.807, 2.05) is 35.0 Å². The molecule has 9 nitrogen and oxygen atoms in total. The molecule has 0 aliphatic heterocycles. The monoisotopic (exact) mass is 393 g/mol. The van der Waals surface area contributed by atoms with Crippen LogP contribution in [0.25, 0.3) is 0 Å². The summed E-state index contributed by atoms with van der Waals surface area (Å²) in [4.78, 5) is 38.2. The summed E-state index contributed by atoms with van der Waals surface area (Å²) in [7, 11) is 0. The largest absolute Gasteiger partial charge is 0.350 e. The van der Waals surface area contributed by atoms with Crippen LogP contribution in [-0.4, -0.2) is 32.8 Å². The molecule has 1 aromatic heterocycles. The van der Waals surface area contributed by atoms with Gasteiger partial charge in [0, 0.05) is 43.2 Å². The molecule has 3 rings (SSSR count). The number of rotatable bonds is 8. The molecule has 0 spiro atoms. The van der Waals surface area contributed by atoms with Crippen molar-refractivity contribution in [2.24, 2.45) is 0 Å². The second kappa shape index (κ2) is 9.27. The number of nitro benzene ring substituents is 1. The van der Waals surface area contributed by atoms with Crippen LogP contribution in [-0.2, 0) is 17.9 Å². The fraction of sp³-hybridized carbons (Fsp3) is 0.150. The maximum Gasteiger partial charge on any atom is 0.270 e. The Morgan fingerprint density at radius 3 is 2.52 bits per heavy atom. The van der Waals surface area contributed by atoms with Gasteiger partial charge in [-0.15, -0.1) is 0 Å². The van der Waals surface area contributed by atoms with Crippen molar-refractivity contribution in [1.82, 2.24) is 20.2 Å². The molecule has 1 heterocycles. The molecule has 0 unspecified atom stereocenters. The molecule has 0 saturated heterocycles. The van der Waals surface area contributed by atoms with Gasteiger partial charge in [-0.2, -0.15) is 0 Å². The lowest BCUT2D eigenvalue weighted by Crippen LogP contribution is -2.36. The quantitative estimate of drug-likeness (QED) is 0.447. The predicted molar refractivity (Wildman–Crippen MR) is 105 cm³/mol. The lowest BCUT2D eigenvalue weighted by Gasteiger charge is -2.08. The van der Waals surface area contributed by atoms with Gasteiger partial charge in [0.25, 0.3) is 11.6 Å². The highest BCUT2D eigenvalue weighted by Gasteiger charge is 2.12. The maximum absolute atomic E-state index is 12.0. The first kappa shape index (κ1) is 19.7. The van der Waals surface area contributed by atoms with Gasteiger partial charge < -0.3 is 15.2 Å². The van der Waals surface area contributed by atoms with Crippen LogP contribution in [0.15, 0.2) is 67.3 Å². The zero-order valence-electron chi connectivity index (χ0n) is 15.4. The molecule has 0 fully saturated rings. The summed E-state index contributed by atoms with van der Waals surface area (Å²) in [5, 5.41) is 15.9. The standard InChI is InChI=1S/C20H19N5O4/c26-19(12-23-20(27)17-2-1-3-18(10-17)25(28)29)22-11-15-4-6-16(7-5-15)13-24-9-8-21-14-24/h1-10,14H,11-13H2,(H,22,26)(H,23,27). The average Bonchev–Trinajstić information content (AvgIpc) is 3.24. The van der Waals surface area contributed by atoms with Crippen molar-refractivity contribution in [2.45, 2.75) is 13.1 Å². The molecule has 2 N–H and O–H groups in total. The van der Waals surface area contributed by atoms with Crippen molar-refractivity contribution in [3.8, 4) is 0 Å². The van der Waals surface area contributed by atoms with Gasteiger partial charge in [-0.25, -0.2) is 4.98 Å². The van der Waals surface area contributed by atoms with E-state index >= 15 is 0 Å². The normalized spacial score (nSPS) is 10.3. The van der Waals surface area contributed by atoms with Gasteiger partial charge in [-0.05, 0) is 17.2 Å². The summed E-state index contributed by atoms with van der Waals surface area (Å²) in [5.41, 5.74) is 1.99. The Kier molecular flexibility index (Phi) is 6.31. The van der Waals surface area contributed by atoms with E-state index in [0.717, 1.165) is 17.7 Å². The Labute approximate surface area is 166 Å². The van der Waals surface area contributed by atoms with Crippen LogP contribution in [0.2, 0.25) is 0 Å². The third kappa shape index (κ3) is 5.73. The van der Waals surface area contributed by atoms with Crippen LogP contribution in [0, 0.1) is 10.1 Å². The summed E-state index contributed by atoms with van der Waals surface area (Å²) >= 11 is 0. The Morgan fingerprint density at radius 2 is 1.83 bits per heavy atom. The third-order valence-electron chi connectivity index (χ3n) is 4.17. The van der Waals surface area contributed by atoms with Gasteiger partial charge in [-0.1, -0.05) is 30.3 Å². The van der Waals surface area contributed by atoms with E-state index in [1.54, 1.807) is 12.5 Å². The number of aromatic nitrogens is 2. The summed E-state index contributed by atoms with van der Waals surface area (Å²) in [5.74, 6) is -0.904. The molecule has 29 heavy (non-hydrogen) atoms. The first-order valence-electron chi connectivity index (χ1n) is 8.84. The number of nitro groups is 1. The second-order valence-corrected chi connectivity index (χ2v) is 6.32. The van der Waals surface area contributed by atoms with Crippen LogP contribution >= 0.6 is 0 Å². The minimum Gasteiger partial charge on any atom is -0.350 e. The highest BCUT2D eigenvalue weighted by Crippen LogP contribution is 2.12. The van der Waals surface area contributed by atoms with E-state index in [9.17, 15) is 19.7 Å². The van der Waals surface area contributed by atoms with Gasteiger partial charge in [0.2, 0.25) is 5.91 Å². The van der Waals surface area contributed by atoms with E-state index < -0.39 is 10.8 Å². The molecule has 3 aromatic rings. The number of hydrogen-bond donors (Lipinski definition) is 2. The van der Waals surface area contributed by atoms with Crippen LogP contribution < -0.4 is 10.6 Å². The van der Waals surface area contributed by atoms with E-state index in [4.69, 9.17) is 0 Å². The smallest absolute Gasteiger partial charge is 0.270 e. The SMILES string of the molecule is O=C(CNC(=O)c1cccc([N+](=O)[O-])c1)NCc1ccc(Cn2ccnc2)cc1. The second-order valence-electron chi connectivity index (χ2n) is 6.32. The van der Waals surface area contributed by atoms with E-state index in [2.05, 4.69) is 15.6 Å². The molecule has 2 amide bonds. The van der Waals surface area contributed by atoms with Crippen LogP contribution in [0.5, 0.6) is 0 Å². The zero-order valence-corrected chi connectivity index (χ0v) is 15.4. The molecule has 0 atom stereocenters. The number of carbonyl (C=O) groups excluding carboxylic acids is 2. The van der Waals surface area contributed by atoms with E-state index in [1.165, 1.54) is 24.3 Å². The molecular formula is C20H19N5O4. The molecule has 2 aromatic carbocycles. The molecule has 0 saturated carbocycles. The highest BCUT2D eigenvalue weighted by molar-refractivity contribution is 5.96. The third-order valence-corrected chi connectivity index (χ3v) is 4.17. The summed E-state index contributed by atoms with van der Waals surface area (Å²) in [6, 6.07) is 13.1. The Balaban J connectivity index is 1.44. The fourth-order valence-electron chi connectivity index (χ4n) is 2.64. The number of hydrogen-bond acceptors (Lipinski definition) is 5. The fourth-order valence-corrected chi connectivity index (χ4v) is 2.64. The minimum atomic E-state index is -0.579. The van der Waals surface area contributed by atoms with Crippen molar-refractivity contribution in [1.29, 1.82) is 0 Å². The summed E-state index contributed by atoms with van der Waals surface area (Å²) in [6.07, 6.45) is 5.36. The number of nitrogens with zero attached hydrogens (tertiary/aromatic N) is 3. The van der Waals surface area contributed by atoms with Crippen LogP contribution in [0.3, 0.4) is 0 Å². The number of nitrogens with one attached hydrogen (secondary N) is 2. The maximum atomic E-state index is 12.0. The predicted octanol–water partition coefficient (Wildman–Crippen LogP) is 1.89. The van der Waals surface area contributed by atoms with Crippen molar-refractivity contribution >= 4 is 17.5 Å². The lowest BCUT2D eigenvalue weighted by molar-refractivity contribution is -0.384. The van der Waals surface area contributed by atoms with Crippen LogP contribution in [0.4, 0.5) is 5.69 Å². The average molecular weight is 393 g/mol. The Bertz CT molecular complexity index is 1000. The zero-order chi connectivity index (χ0) is 20.6. The van der Waals surface area contributed by atoms with Gasteiger partial charge in [0.05, 0.1) is 17.8 Å². The van der Waals surface area contributed by atoms with Gasteiger partial charge in [-0.3, -0.25) is 19.7 Å². The molecule has 148 valence electrons. The van der Waals surface area contributed by atoms with Crippen molar-refractivity contribution < 1.29 is 14.5 Å². The number of imidazole rings is 1. The van der Waals surface area contributed by atoms with E-state index in [-0.39, 0.29) is 23.7 Å². The molecule has 0 aliphatic carbocycles. The van der Waals surface area contributed by atoms with Crippen LogP contribution in [0.1, 0.15) is 21.5 Å². The topological polar surface area (TPSA) is 119 Å². The number of benzene rings is 2. The van der Waals surface area contributed by atoms with E-state index in [0.29, 0.717) is 6.54 Å². The molecule has 0 aliphatic rings. The first-order valence-corrected chi connectivity index (χ1v) is 8.84. The lowest BCUT2D eigenvalue weighted by atomic mass is 10.1. The van der Waals surface area contributed by atoms with Crippen molar-refractivity contribution in [2.75, 3.05) is 6.54 Å².